The van der Waals surface area contributed by atoms with E-state index in [2.05, 4.69) is 0 Å². The van der Waals surface area contributed by atoms with Gasteiger partial charge in [-0.15, -0.1) is 0 Å². The lowest BCUT2D eigenvalue weighted by Crippen LogP contribution is -2.74. The summed E-state index contributed by atoms with van der Waals surface area (Å²) < 4.78 is 223. The molecule has 0 unspecified atom stereocenters. The minimum Gasteiger partial charge on any atom is -0.195 e. The molecular formula is C17H6F17N. The van der Waals surface area contributed by atoms with Gasteiger partial charge in [0.15, 0.2) is 0 Å². The molecule has 0 fully saturated rings. The van der Waals surface area contributed by atoms with Crippen molar-refractivity contribution in [1.29, 1.82) is 5.26 Å². The van der Waals surface area contributed by atoms with Crippen molar-refractivity contribution in [1.82, 2.24) is 0 Å². The lowest BCUT2D eigenvalue weighted by molar-refractivity contribution is -0.459. The Morgan fingerprint density at radius 1 is 0.514 bits per heavy atom. The van der Waals surface area contributed by atoms with E-state index in [1.165, 1.54) is 6.07 Å². The molecule has 0 aliphatic carbocycles. The second-order valence-corrected chi connectivity index (χ2v) is 6.63. The van der Waals surface area contributed by atoms with Crippen LogP contribution in [0.5, 0.6) is 0 Å². The van der Waals surface area contributed by atoms with Crippen LogP contribution in [0.15, 0.2) is 30.3 Å². The highest BCUT2D eigenvalue weighted by Crippen LogP contribution is 2.64. The molecule has 0 spiro atoms. The van der Waals surface area contributed by atoms with Gasteiger partial charge in [0.1, 0.15) is 0 Å². The van der Waals surface area contributed by atoms with Gasteiger partial charge in [-0.25, -0.2) is 0 Å². The summed E-state index contributed by atoms with van der Waals surface area (Å²) in [4.78, 5) is 0. The third-order valence-electron chi connectivity index (χ3n) is 4.27. The van der Waals surface area contributed by atoms with Gasteiger partial charge in [0.25, 0.3) is 0 Å². The molecule has 0 aliphatic rings. The number of hydrogen-bond acceptors (Lipinski definition) is 1. The highest BCUT2D eigenvalue weighted by Gasteiger charge is 2.95. The largest absolute Gasteiger partial charge is 0.460 e. The second kappa shape index (κ2) is 8.43. The fourth-order valence-electron chi connectivity index (χ4n) is 2.15. The zero-order valence-electron chi connectivity index (χ0n) is 15.8. The summed E-state index contributed by atoms with van der Waals surface area (Å²) in [5.74, 6) is -56.7. The summed E-state index contributed by atoms with van der Waals surface area (Å²) in [6.07, 6.45) is -9.26. The van der Waals surface area contributed by atoms with Gasteiger partial charge in [0.05, 0.1) is 11.6 Å². The van der Waals surface area contributed by atoms with E-state index in [4.69, 9.17) is 5.26 Å². The number of alkyl halides is 17. The van der Waals surface area contributed by atoms with Crippen LogP contribution in [0.4, 0.5) is 74.6 Å². The number of allylic oxidation sites excluding steroid dienone is 1. The molecule has 18 heteroatoms. The van der Waals surface area contributed by atoms with Crippen molar-refractivity contribution in [2.45, 2.75) is 47.6 Å². The van der Waals surface area contributed by atoms with Crippen molar-refractivity contribution in [2.24, 2.45) is 0 Å². The summed E-state index contributed by atoms with van der Waals surface area (Å²) in [6, 6.07) is 4.63. The van der Waals surface area contributed by atoms with Gasteiger partial charge in [-0.05, 0) is 23.8 Å². The fraction of sp³-hybridized carbons (Fsp3) is 0.471. The molecule has 0 bridgehead atoms. The van der Waals surface area contributed by atoms with Crippen molar-refractivity contribution in [3.8, 4) is 6.07 Å². The number of nitriles is 1. The molecule has 0 N–H and O–H groups in total. The first-order valence-corrected chi connectivity index (χ1v) is 8.17. The van der Waals surface area contributed by atoms with E-state index < -0.39 is 59.3 Å². The van der Waals surface area contributed by atoms with E-state index in [0.717, 1.165) is 12.1 Å². The highest BCUT2D eigenvalue weighted by molar-refractivity contribution is 5.52. The van der Waals surface area contributed by atoms with Gasteiger partial charge >= 0.3 is 47.6 Å². The van der Waals surface area contributed by atoms with E-state index >= 15 is 0 Å². The number of halogens is 17. The lowest BCUT2D eigenvalue weighted by atomic mass is 9.89. The first-order valence-electron chi connectivity index (χ1n) is 8.17. The third-order valence-corrected chi connectivity index (χ3v) is 4.27. The minimum absolute atomic E-state index is 0.149. The van der Waals surface area contributed by atoms with E-state index in [-0.39, 0.29) is 11.6 Å². The molecule has 0 aliphatic heterocycles. The van der Waals surface area contributed by atoms with Gasteiger partial charge in [-0.3, -0.25) is 0 Å². The van der Waals surface area contributed by atoms with Crippen LogP contribution >= 0.6 is 0 Å². The summed E-state index contributed by atoms with van der Waals surface area (Å²) in [5.41, 5.74) is -0.750. The first kappa shape index (κ1) is 30.3. The Morgan fingerprint density at radius 2 is 0.857 bits per heavy atom. The summed E-state index contributed by atoms with van der Waals surface area (Å²) in [7, 11) is 0. The molecule has 1 aromatic carbocycles. The van der Waals surface area contributed by atoms with Crippen LogP contribution in [-0.4, -0.2) is 47.6 Å². The summed E-state index contributed by atoms with van der Waals surface area (Å²) in [5, 5.41) is 8.51. The molecule has 0 aromatic heterocycles. The van der Waals surface area contributed by atoms with Crippen LogP contribution in [-0.2, 0) is 0 Å². The van der Waals surface area contributed by atoms with Crippen LogP contribution in [0.1, 0.15) is 11.1 Å². The molecule has 0 heterocycles. The summed E-state index contributed by atoms with van der Waals surface area (Å²) >= 11 is 0. The molecule has 198 valence electrons. The van der Waals surface area contributed by atoms with Crippen LogP contribution in [0.2, 0.25) is 0 Å². The maximum Gasteiger partial charge on any atom is 0.460 e. The van der Waals surface area contributed by atoms with Crippen molar-refractivity contribution in [2.75, 3.05) is 0 Å². The SMILES string of the molecule is N#Cc1ccc(/C=C/C(F)(F)C(F)(F)C(F)(F)C(F)(F)C(F)(F)C(F)(F)C(F)(F)C(F)(F)F)cc1. The molecule has 0 saturated heterocycles. The van der Waals surface area contributed by atoms with E-state index in [1.807, 2.05) is 0 Å². The molecule has 1 rings (SSSR count). The lowest BCUT2D eigenvalue weighted by Gasteiger charge is -2.42. The molecule has 35 heavy (non-hydrogen) atoms. The predicted octanol–water partition coefficient (Wildman–Crippen LogP) is 7.58. The van der Waals surface area contributed by atoms with Crippen molar-refractivity contribution >= 4 is 6.08 Å². The van der Waals surface area contributed by atoms with Gasteiger partial charge < -0.3 is 0 Å². The number of nitrogens with zero attached hydrogens (tertiary/aromatic N) is 1. The zero-order valence-corrected chi connectivity index (χ0v) is 15.8. The van der Waals surface area contributed by atoms with E-state index in [0.29, 0.717) is 12.1 Å². The molecule has 1 nitrogen and oxygen atoms in total. The standard InChI is InChI=1S/C17H6F17N/c18-10(19,6-5-8-1-3-9(7-35)4-2-8)11(20,21)12(22,23)13(24,25)14(26,27)15(28,29)16(30,31)17(32,33)34/h1-6H/b6-5+. The highest BCUT2D eigenvalue weighted by atomic mass is 19.4. The Bertz CT molecular complexity index is 979. The smallest absolute Gasteiger partial charge is 0.195 e. The Hall–Kier alpha value is -2.74. The Balaban J connectivity index is 3.56. The Morgan fingerprint density at radius 3 is 1.20 bits per heavy atom. The van der Waals surface area contributed by atoms with E-state index in [9.17, 15) is 74.6 Å². The summed E-state index contributed by atoms with van der Waals surface area (Å²) in [6.45, 7) is 0. The maximum atomic E-state index is 13.7. The van der Waals surface area contributed by atoms with Crippen LogP contribution in [0.25, 0.3) is 6.08 Å². The third kappa shape index (κ3) is 4.37. The van der Waals surface area contributed by atoms with Crippen molar-refractivity contribution in [3.05, 3.63) is 41.5 Å². The van der Waals surface area contributed by atoms with Crippen LogP contribution in [0, 0.1) is 11.3 Å². The average Bonchev–Trinajstić information content (AvgIpc) is 2.70. The maximum absolute atomic E-state index is 13.7. The van der Waals surface area contributed by atoms with Crippen LogP contribution < -0.4 is 0 Å². The first-order chi connectivity index (χ1) is 15.3. The number of benzene rings is 1. The van der Waals surface area contributed by atoms with Gasteiger partial charge in [-0.1, -0.05) is 18.2 Å². The second-order valence-electron chi connectivity index (χ2n) is 6.63. The topological polar surface area (TPSA) is 23.8 Å². The zero-order chi connectivity index (χ0) is 28.1. The fourth-order valence-corrected chi connectivity index (χ4v) is 2.15. The predicted molar refractivity (Wildman–Crippen MR) is 80.9 cm³/mol. The molecular weight excluding hydrogens is 541 g/mol. The monoisotopic (exact) mass is 547 g/mol. The molecule has 0 atom stereocenters. The quantitative estimate of drug-likeness (QED) is 0.308. The molecule has 0 amide bonds. The van der Waals surface area contributed by atoms with Gasteiger partial charge in [0.2, 0.25) is 0 Å². The van der Waals surface area contributed by atoms with Crippen molar-refractivity contribution < 1.29 is 74.6 Å². The Kier molecular flexibility index (Phi) is 7.30. The number of rotatable bonds is 8. The molecule has 1 aromatic rings. The van der Waals surface area contributed by atoms with Gasteiger partial charge in [-0.2, -0.15) is 79.9 Å². The Labute approximate surface area is 182 Å². The van der Waals surface area contributed by atoms with Crippen molar-refractivity contribution in [3.63, 3.8) is 0 Å². The molecule has 0 radical (unpaired) electrons. The van der Waals surface area contributed by atoms with Crippen LogP contribution in [0.3, 0.4) is 0 Å². The van der Waals surface area contributed by atoms with E-state index in [1.54, 1.807) is 0 Å². The minimum atomic E-state index is -8.65. The normalized spacial score (nSPS) is 15.4. The molecule has 0 saturated carbocycles. The average molecular weight is 547 g/mol. The van der Waals surface area contributed by atoms with Gasteiger partial charge in [0, 0.05) is 0 Å². The number of hydrogen-bond donors (Lipinski definition) is 0.